The molecule has 0 fully saturated rings. The van der Waals surface area contributed by atoms with Gasteiger partial charge >= 0.3 is 0 Å². The molecule has 2 heterocycles. The van der Waals surface area contributed by atoms with Crippen LogP contribution in [0.25, 0.3) is 11.1 Å². The Kier molecular flexibility index (Phi) is 4.77. The van der Waals surface area contributed by atoms with Crippen LogP contribution >= 0.6 is 0 Å². The summed E-state index contributed by atoms with van der Waals surface area (Å²) < 4.78 is 7.40. The van der Waals surface area contributed by atoms with Gasteiger partial charge in [0.25, 0.3) is 5.91 Å². The van der Waals surface area contributed by atoms with Crippen LogP contribution in [0.2, 0.25) is 0 Å². The lowest BCUT2D eigenvalue weighted by atomic mass is 10.1. The second-order valence-corrected chi connectivity index (χ2v) is 6.41. The molecular formula is C22H20N2O3. The van der Waals surface area contributed by atoms with E-state index in [1.54, 1.807) is 12.3 Å². The summed E-state index contributed by atoms with van der Waals surface area (Å²) in [7, 11) is 0. The maximum absolute atomic E-state index is 12.8. The van der Waals surface area contributed by atoms with E-state index in [1.807, 2.05) is 71.3 Å². The standard InChI is InChI=1S/C22H20N2O3/c25-20(17-9-5-2-6-10-17)14-23-22(26)19-13-21-18(11-12-27-21)24(19)15-16-7-3-1-4-8-16/h1-13,20,25H,14-15H2,(H,23,26)/t20-/m1/s1. The number of nitrogens with zero attached hydrogens (tertiary/aromatic N) is 1. The van der Waals surface area contributed by atoms with Gasteiger partial charge in [-0.2, -0.15) is 0 Å². The second kappa shape index (κ2) is 7.51. The Hall–Kier alpha value is -3.31. The topological polar surface area (TPSA) is 67.4 Å². The van der Waals surface area contributed by atoms with Crippen LogP contribution in [0.3, 0.4) is 0 Å². The highest BCUT2D eigenvalue weighted by atomic mass is 16.3. The van der Waals surface area contributed by atoms with E-state index in [-0.39, 0.29) is 12.5 Å². The summed E-state index contributed by atoms with van der Waals surface area (Å²) in [5.74, 6) is -0.243. The summed E-state index contributed by atoms with van der Waals surface area (Å²) in [4.78, 5) is 12.8. The molecule has 2 aromatic heterocycles. The van der Waals surface area contributed by atoms with Gasteiger partial charge in [-0.3, -0.25) is 4.79 Å². The van der Waals surface area contributed by atoms with E-state index in [4.69, 9.17) is 4.42 Å². The van der Waals surface area contributed by atoms with E-state index in [2.05, 4.69) is 5.32 Å². The van der Waals surface area contributed by atoms with Gasteiger partial charge in [0.1, 0.15) is 5.69 Å². The molecule has 0 spiro atoms. The average Bonchev–Trinajstić information content (AvgIpc) is 3.30. The van der Waals surface area contributed by atoms with E-state index in [1.165, 1.54) is 0 Å². The van der Waals surface area contributed by atoms with Crippen molar-refractivity contribution in [3.8, 4) is 0 Å². The third-order valence-corrected chi connectivity index (χ3v) is 4.58. The van der Waals surface area contributed by atoms with Crippen molar-refractivity contribution < 1.29 is 14.3 Å². The van der Waals surface area contributed by atoms with Gasteiger partial charge in [-0.1, -0.05) is 60.7 Å². The fourth-order valence-electron chi connectivity index (χ4n) is 3.17. The Morgan fingerprint density at radius 2 is 1.74 bits per heavy atom. The highest BCUT2D eigenvalue weighted by molar-refractivity contribution is 5.97. The molecule has 0 saturated heterocycles. The molecule has 1 atom stereocenters. The first kappa shape index (κ1) is 17.1. The van der Waals surface area contributed by atoms with Crippen molar-refractivity contribution in [1.82, 2.24) is 9.88 Å². The summed E-state index contributed by atoms with van der Waals surface area (Å²) in [6.45, 7) is 0.703. The molecule has 0 unspecified atom stereocenters. The van der Waals surface area contributed by atoms with Gasteiger partial charge in [0, 0.05) is 25.2 Å². The lowest BCUT2D eigenvalue weighted by molar-refractivity contribution is 0.0908. The molecule has 4 rings (SSSR count). The van der Waals surface area contributed by atoms with Crippen LogP contribution < -0.4 is 5.32 Å². The lowest BCUT2D eigenvalue weighted by Crippen LogP contribution is -2.30. The first-order valence-electron chi connectivity index (χ1n) is 8.84. The molecule has 136 valence electrons. The zero-order valence-corrected chi connectivity index (χ0v) is 14.7. The predicted octanol–water partition coefficient (Wildman–Crippen LogP) is 3.75. The molecule has 4 aromatic rings. The molecule has 0 aliphatic rings. The van der Waals surface area contributed by atoms with E-state index >= 15 is 0 Å². The number of carbonyl (C=O) groups excluding carboxylic acids is 1. The van der Waals surface area contributed by atoms with Crippen molar-refractivity contribution in [2.75, 3.05) is 6.54 Å². The van der Waals surface area contributed by atoms with E-state index in [0.29, 0.717) is 17.8 Å². The van der Waals surface area contributed by atoms with Gasteiger partial charge in [0.05, 0.1) is 17.9 Å². The Morgan fingerprint density at radius 1 is 1.04 bits per heavy atom. The molecule has 1 amide bonds. The average molecular weight is 360 g/mol. The number of aromatic nitrogens is 1. The first-order valence-corrected chi connectivity index (χ1v) is 8.84. The van der Waals surface area contributed by atoms with Crippen LogP contribution in [0.4, 0.5) is 0 Å². The Balaban J connectivity index is 1.55. The monoisotopic (exact) mass is 360 g/mol. The van der Waals surface area contributed by atoms with Crippen LogP contribution in [0.15, 0.2) is 83.5 Å². The number of nitrogens with one attached hydrogen (secondary N) is 1. The lowest BCUT2D eigenvalue weighted by Gasteiger charge is -2.14. The van der Waals surface area contributed by atoms with Gasteiger partial charge in [-0.15, -0.1) is 0 Å². The number of carbonyl (C=O) groups is 1. The minimum absolute atomic E-state index is 0.140. The molecule has 0 saturated carbocycles. The van der Waals surface area contributed by atoms with Gasteiger partial charge in [0.15, 0.2) is 5.58 Å². The van der Waals surface area contributed by atoms with Crippen LogP contribution in [0, 0.1) is 0 Å². The summed E-state index contributed by atoms with van der Waals surface area (Å²) >= 11 is 0. The van der Waals surface area contributed by atoms with E-state index in [9.17, 15) is 9.90 Å². The number of hydrogen-bond acceptors (Lipinski definition) is 3. The Bertz CT molecular complexity index is 1040. The van der Waals surface area contributed by atoms with Crippen molar-refractivity contribution in [1.29, 1.82) is 0 Å². The number of rotatable bonds is 6. The SMILES string of the molecule is O=C(NC[C@@H](O)c1ccccc1)c1cc2occc2n1Cc1ccccc1. The van der Waals surface area contributed by atoms with Crippen molar-refractivity contribution in [2.45, 2.75) is 12.6 Å². The smallest absolute Gasteiger partial charge is 0.268 e. The van der Waals surface area contributed by atoms with Crippen LogP contribution in [-0.4, -0.2) is 22.1 Å². The molecule has 2 aromatic carbocycles. The second-order valence-electron chi connectivity index (χ2n) is 6.41. The summed E-state index contributed by atoms with van der Waals surface area (Å²) in [6.07, 6.45) is 0.864. The van der Waals surface area contributed by atoms with Crippen molar-refractivity contribution in [2.24, 2.45) is 0 Å². The number of fused-ring (bicyclic) bond motifs is 1. The quantitative estimate of drug-likeness (QED) is 0.550. The maximum atomic E-state index is 12.8. The molecule has 0 radical (unpaired) electrons. The highest BCUT2D eigenvalue weighted by Crippen LogP contribution is 2.23. The number of benzene rings is 2. The minimum Gasteiger partial charge on any atom is -0.463 e. The van der Waals surface area contributed by atoms with Gasteiger partial charge in [0.2, 0.25) is 0 Å². The van der Waals surface area contributed by atoms with Crippen LogP contribution in [-0.2, 0) is 6.54 Å². The highest BCUT2D eigenvalue weighted by Gasteiger charge is 2.18. The van der Waals surface area contributed by atoms with Crippen LogP contribution in [0.1, 0.15) is 27.7 Å². The molecule has 2 N–H and O–H groups in total. The first-order chi connectivity index (χ1) is 13.2. The third-order valence-electron chi connectivity index (χ3n) is 4.58. The zero-order valence-electron chi connectivity index (χ0n) is 14.7. The van der Waals surface area contributed by atoms with Crippen molar-refractivity contribution in [3.63, 3.8) is 0 Å². The molecular weight excluding hydrogens is 340 g/mol. The predicted molar refractivity (Wildman–Crippen MR) is 103 cm³/mol. The molecule has 0 bridgehead atoms. The molecule has 0 aliphatic heterocycles. The Labute approximate surface area is 156 Å². The number of amides is 1. The largest absolute Gasteiger partial charge is 0.463 e. The number of aliphatic hydroxyl groups excluding tert-OH is 1. The van der Waals surface area contributed by atoms with Crippen molar-refractivity contribution in [3.05, 3.63) is 95.9 Å². The normalized spacial score (nSPS) is 12.2. The number of hydrogen-bond donors (Lipinski definition) is 2. The zero-order chi connectivity index (χ0) is 18.6. The minimum atomic E-state index is -0.754. The third kappa shape index (κ3) is 3.64. The summed E-state index contributed by atoms with van der Waals surface area (Å²) in [5.41, 5.74) is 3.90. The van der Waals surface area contributed by atoms with E-state index in [0.717, 1.165) is 16.6 Å². The van der Waals surface area contributed by atoms with E-state index < -0.39 is 6.10 Å². The maximum Gasteiger partial charge on any atom is 0.268 e. The summed E-state index contributed by atoms with van der Waals surface area (Å²) in [6, 6.07) is 22.8. The van der Waals surface area contributed by atoms with Gasteiger partial charge in [-0.05, 0) is 11.1 Å². The number of furan rings is 1. The fourth-order valence-corrected chi connectivity index (χ4v) is 3.17. The molecule has 5 nitrogen and oxygen atoms in total. The summed E-state index contributed by atoms with van der Waals surface area (Å²) in [5, 5.41) is 13.1. The fraction of sp³-hybridized carbons (Fsp3) is 0.136. The van der Waals surface area contributed by atoms with Gasteiger partial charge < -0.3 is 19.4 Å². The number of aliphatic hydroxyl groups is 1. The molecule has 0 aliphatic carbocycles. The van der Waals surface area contributed by atoms with Crippen LogP contribution in [0.5, 0.6) is 0 Å². The van der Waals surface area contributed by atoms with Gasteiger partial charge in [-0.25, -0.2) is 0 Å². The molecule has 5 heteroatoms. The molecule has 27 heavy (non-hydrogen) atoms. The van der Waals surface area contributed by atoms with Crippen molar-refractivity contribution >= 4 is 17.0 Å². The Morgan fingerprint density at radius 3 is 2.48 bits per heavy atom.